The van der Waals surface area contributed by atoms with Crippen molar-refractivity contribution < 1.29 is 9.53 Å². The summed E-state index contributed by atoms with van der Waals surface area (Å²) in [6, 6.07) is 4.14. The lowest BCUT2D eigenvalue weighted by Gasteiger charge is -2.39. The number of nitrogens with zero attached hydrogens (tertiary/aromatic N) is 4. The zero-order chi connectivity index (χ0) is 17.2. The van der Waals surface area contributed by atoms with Crippen LogP contribution in [0.2, 0.25) is 0 Å². The maximum absolute atomic E-state index is 13.2. The number of rotatable bonds is 3. The van der Waals surface area contributed by atoms with Gasteiger partial charge in [0.2, 0.25) is 0 Å². The summed E-state index contributed by atoms with van der Waals surface area (Å²) in [6.07, 6.45) is 7.28. The first-order valence-corrected chi connectivity index (χ1v) is 9.27. The van der Waals surface area contributed by atoms with Gasteiger partial charge in [-0.25, -0.2) is 4.98 Å². The Morgan fingerprint density at radius 3 is 2.88 bits per heavy atom. The second kappa shape index (κ2) is 7.14. The molecule has 25 heavy (non-hydrogen) atoms. The fourth-order valence-electron chi connectivity index (χ4n) is 3.95. The number of carbonyl (C=O) groups is 1. The van der Waals surface area contributed by atoms with Gasteiger partial charge in [0.15, 0.2) is 0 Å². The number of ether oxygens (including phenoxy) is 1. The molecule has 4 heterocycles. The molecule has 0 aromatic carbocycles. The summed E-state index contributed by atoms with van der Waals surface area (Å²) in [6.45, 7) is 7.33. The monoisotopic (exact) mass is 342 g/mol. The van der Waals surface area contributed by atoms with E-state index in [0.29, 0.717) is 6.04 Å². The van der Waals surface area contributed by atoms with Gasteiger partial charge in [0, 0.05) is 44.6 Å². The molecule has 2 aromatic rings. The number of carbonyl (C=O) groups excluding carboxylic acids is 1. The maximum Gasteiger partial charge on any atom is 0.255 e. The van der Waals surface area contributed by atoms with Crippen LogP contribution in [0.3, 0.4) is 0 Å². The van der Waals surface area contributed by atoms with Crippen LogP contribution in [0.25, 0.3) is 5.65 Å². The molecular formula is C19H26N4O2. The Balaban J connectivity index is 1.52. The summed E-state index contributed by atoms with van der Waals surface area (Å²) in [5.74, 6) is 0.145. The molecule has 1 amide bonds. The lowest BCUT2D eigenvalue weighted by atomic mass is 10.00. The second-order valence-electron chi connectivity index (χ2n) is 7.13. The summed E-state index contributed by atoms with van der Waals surface area (Å²) in [7, 11) is 0. The number of piperidine rings is 1. The number of aromatic nitrogens is 2. The summed E-state index contributed by atoms with van der Waals surface area (Å²) in [5, 5.41) is 0. The van der Waals surface area contributed by atoms with Crippen molar-refractivity contribution in [3.05, 3.63) is 35.8 Å². The van der Waals surface area contributed by atoms with Crippen LogP contribution in [-0.2, 0) is 4.74 Å². The molecule has 0 saturated carbocycles. The van der Waals surface area contributed by atoms with Crippen LogP contribution in [-0.4, -0.2) is 70.5 Å². The van der Waals surface area contributed by atoms with E-state index >= 15 is 0 Å². The molecule has 0 bridgehead atoms. The van der Waals surface area contributed by atoms with E-state index < -0.39 is 0 Å². The number of hydrogen-bond acceptors (Lipinski definition) is 4. The third-order valence-corrected chi connectivity index (χ3v) is 5.28. The van der Waals surface area contributed by atoms with E-state index in [4.69, 9.17) is 4.74 Å². The largest absolute Gasteiger partial charge is 0.379 e. The number of fused-ring (bicyclic) bond motifs is 1. The summed E-state index contributed by atoms with van der Waals surface area (Å²) in [5.41, 5.74) is 2.60. The van der Waals surface area contributed by atoms with Gasteiger partial charge in [-0.05, 0) is 38.3 Å². The molecule has 2 saturated heterocycles. The van der Waals surface area contributed by atoms with E-state index in [2.05, 4.69) is 14.8 Å². The Hall–Kier alpha value is -1.92. The van der Waals surface area contributed by atoms with Crippen molar-refractivity contribution >= 4 is 11.6 Å². The van der Waals surface area contributed by atoms with E-state index in [-0.39, 0.29) is 5.91 Å². The molecule has 1 atom stereocenters. The molecule has 4 rings (SSSR count). The van der Waals surface area contributed by atoms with Crippen molar-refractivity contribution in [2.24, 2.45) is 0 Å². The zero-order valence-electron chi connectivity index (χ0n) is 14.9. The van der Waals surface area contributed by atoms with E-state index in [0.717, 1.165) is 69.1 Å². The molecule has 2 fully saturated rings. The van der Waals surface area contributed by atoms with Crippen molar-refractivity contribution in [3.8, 4) is 0 Å². The smallest absolute Gasteiger partial charge is 0.255 e. The van der Waals surface area contributed by atoms with Crippen LogP contribution < -0.4 is 0 Å². The maximum atomic E-state index is 13.2. The fourth-order valence-corrected chi connectivity index (χ4v) is 3.95. The van der Waals surface area contributed by atoms with Crippen LogP contribution in [0.1, 0.15) is 35.3 Å². The third kappa shape index (κ3) is 3.55. The van der Waals surface area contributed by atoms with Crippen molar-refractivity contribution in [2.75, 3.05) is 39.4 Å². The van der Waals surface area contributed by atoms with Crippen molar-refractivity contribution in [1.82, 2.24) is 19.2 Å². The Bertz CT molecular complexity index is 751. The van der Waals surface area contributed by atoms with Crippen LogP contribution >= 0.6 is 0 Å². The molecule has 0 unspecified atom stereocenters. The fraction of sp³-hybridized carbons (Fsp3) is 0.579. The van der Waals surface area contributed by atoms with Crippen LogP contribution in [0, 0.1) is 6.92 Å². The molecule has 134 valence electrons. The first-order chi connectivity index (χ1) is 12.2. The van der Waals surface area contributed by atoms with E-state index in [1.54, 1.807) is 0 Å². The standard InChI is InChI=1S/C19H26N4O2/c1-15-12-22-13-16(5-6-18(22)20-15)19(24)23-7-3-2-4-17(23)14-21-8-10-25-11-9-21/h5-6,12-13,17H,2-4,7-11,14H2,1H3/t17-/m1/s1. The molecule has 0 aliphatic carbocycles. The molecule has 2 aliphatic heterocycles. The number of likely N-dealkylation sites (tertiary alicyclic amines) is 1. The minimum absolute atomic E-state index is 0.145. The van der Waals surface area contributed by atoms with Crippen LogP contribution in [0.15, 0.2) is 24.5 Å². The summed E-state index contributed by atoms with van der Waals surface area (Å²) < 4.78 is 7.39. The van der Waals surface area contributed by atoms with Gasteiger partial charge in [-0.2, -0.15) is 0 Å². The number of aryl methyl sites for hydroxylation is 1. The number of imidazole rings is 1. The predicted molar refractivity (Wildman–Crippen MR) is 95.9 cm³/mol. The molecule has 6 nitrogen and oxygen atoms in total. The average molecular weight is 342 g/mol. The van der Waals surface area contributed by atoms with Gasteiger partial charge >= 0.3 is 0 Å². The van der Waals surface area contributed by atoms with E-state index in [9.17, 15) is 4.79 Å². The Morgan fingerprint density at radius 1 is 1.20 bits per heavy atom. The quantitative estimate of drug-likeness (QED) is 0.856. The molecule has 0 spiro atoms. The molecular weight excluding hydrogens is 316 g/mol. The predicted octanol–water partition coefficient (Wildman–Crippen LogP) is 1.97. The highest BCUT2D eigenvalue weighted by Gasteiger charge is 2.29. The normalized spacial score (nSPS) is 22.4. The van der Waals surface area contributed by atoms with Crippen molar-refractivity contribution in [2.45, 2.75) is 32.2 Å². The van der Waals surface area contributed by atoms with Gasteiger partial charge < -0.3 is 14.0 Å². The van der Waals surface area contributed by atoms with Crippen molar-refractivity contribution in [1.29, 1.82) is 0 Å². The van der Waals surface area contributed by atoms with Crippen LogP contribution in [0.4, 0.5) is 0 Å². The Labute approximate surface area is 148 Å². The van der Waals surface area contributed by atoms with Gasteiger partial charge in [-0.15, -0.1) is 0 Å². The Morgan fingerprint density at radius 2 is 2.04 bits per heavy atom. The number of amides is 1. The van der Waals surface area contributed by atoms with E-state index in [1.165, 1.54) is 6.42 Å². The highest BCUT2D eigenvalue weighted by Crippen LogP contribution is 2.21. The van der Waals surface area contributed by atoms with Gasteiger partial charge in [-0.1, -0.05) is 0 Å². The first kappa shape index (κ1) is 16.5. The Kier molecular flexibility index (Phi) is 4.72. The number of morpholine rings is 1. The van der Waals surface area contributed by atoms with Gasteiger partial charge in [-0.3, -0.25) is 9.69 Å². The number of hydrogen-bond donors (Lipinski definition) is 0. The highest BCUT2D eigenvalue weighted by atomic mass is 16.5. The zero-order valence-corrected chi connectivity index (χ0v) is 14.9. The minimum Gasteiger partial charge on any atom is -0.379 e. The lowest BCUT2D eigenvalue weighted by molar-refractivity contribution is 0.0166. The third-order valence-electron chi connectivity index (χ3n) is 5.28. The molecule has 2 aliphatic rings. The van der Waals surface area contributed by atoms with Crippen LogP contribution in [0.5, 0.6) is 0 Å². The minimum atomic E-state index is 0.145. The molecule has 6 heteroatoms. The summed E-state index contributed by atoms with van der Waals surface area (Å²) in [4.78, 5) is 22.1. The SMILES string of the molecule is Cc1cn2cc(C(=O)N3CCCC[C@@H]3CN3CCOCC3)ccc2n1. The molecule has 2 aromatic heterocycles. The first-order valence-electron chi connectivity index (χ1n) is 9.27. The molecule has 0 radical (unpaired) electrons. The highest BCUT2D eigenvalue weighted by molar-refractivity contribution is 5.94. The van der Waals surface area contributed by atoms with Crippen molar-refractivity contribution in [3.63, 3.8) is 0 Å². The van der Waals surface area contributed by atoms with Gasteiger partial charge in [0.25, 0.3) is 5.91 Å². The van der Waals surface area contributed by atoms with Gasteiger partial charge in [0.05, 0.1) is 24.5 Å². The number of pyridine rings is 1. The lowest BCUT2D eigenvalue weighted by Crippen LogP contribution is -2.51. The summed E-state index contributed by atoms with van der Waals surface area (Å²) >= 11 is 0. The second-order valence-corrected chi connectivity index (χ2v) is 7.13. The van der Waals surface area contributed by atoms with E-state index in [1.807, 2.05) is 35.9 Å². The average Bonchev–Trinajstić information content (AvgIpc) is 3.01. The van der Waals surface area contributed by atoms with Gasteiger partial charge in [0.1, 0.15) is 5.65 Å². The molecule has 0 N–H and O–H groups in total. The topological polar surface area (TPSA) is 50.1 Å².